The molecular weight excluding hydrogens is 588 g/mol. The Labute approximate surface area is 282 Å². The molecule has 1 amide bonds. The highest BCUT2D eigenvalue weighted by Gasteiger charge is 2.67. The molecule has 2 aliphatic heterocycles. The minimum absolute atomic E-state index is 0.000300. The zero-order valence-electron chi connectivity index (χ0n) is 28.9. The molecule has 1 aromatic rings. The van der Waals surface area contributed by atoms with Crippen molar-refractivity contribution in [2.75, 3.05) is 19.6 Å². The van der Waals surface area contributed by atoms with Gasteiger partial charge in [0.1, 0.15) is 11.9 Å². The third-order valence-corrected chi connectivity index (χ3v) is 13.8. The largest absolute Gasteiger partial charge is 0.508 e. The molecular formula is C40H58N2O5. The summed E-state index contributed by atoms with van der Waals surface area (Å²) in [5, 5.41) is 11.5. The number of hydrogen-bond donors (Lipinski definition) is 1. The van der Waals surface area contributed by atoms with Crippen molar-refractivity contribution in [2.24, 2.45) is 23.7 Å². The van der Waals surface area contributed by atoms with Gasteiger partial charge in [-0.05, 0) is 88.0 Å². The van der Waals surface area contributed by atoms with Crippen LogP contribution in [0.3, 0.4) is 0 Å². The Kier molecular flexibility index (Phi) is 8.98. The van der Waals surface area contributed by atoms with E-state index in [0.717, 1.165) is 81.1 Å². The number of ether oxygens (including phenoxy) is 2. The van der Waals surface area contributed by atoms with Crippen LogP contribution in [0.2, 0.25) is 0 Å². The van der Waals surface area contributed by atoms with Crippen LogP contribution in [-0.4, -0.2) is 64.6 Å². The number of esters is 1. The maximum Gasteiger partial charge on any atom is 0.308 e. The number of amides is 1. The van der Waals surface area contributed by atoms with Crippen LogP contribution in [0.25, 0.3) is 0 Å². The van der Waals surface area contributed by atoms with Crippen molar-refractivity contribution in [2.45, 2.75) is 159 Å². The average Bonchev–Trinajstić information content (AvgIpc) is 3.83. The summed E-state index contributed by atoms with van der Waals surface area (Å²) in [7, 11) is 0. The molecule has 2 bridgehead atoms. The summed E-state index contributed by atoms with van der Waals surface area (Å²) >= 11 is 0. The molecule has 0 radical (unpaired) electrons. The van der Waals surface area contributed by atoms with Gasteiger partial charge in [-0.25, -0.2) is 0 Å². The van der Waals surface area contributed by atoms with Crippen LogP contribution in [-0.2, 0) is 21.4 Å². The SMILES string of the molecule is CC(=O)Oc1cc(O)c2c3c1O[C@H]1[C@@H](N(CC4CCCCC4)C(=O)CCCCC4CCCCC4)CC[C@H]4[C@@H](C2)N(CC2CC2)CC[C@@]341. The van der Waals surface area contributed by atoms with Crippen LogP contribution in [0.5, 0.6) is 17.2 Å². The number of carbonyl (C=O) groups excluding carboxylic acids is 2. The number of carbonyl (C=O) groups is 2. The maximum atomic E-state index is 14.5. The van der Waals surface area contributed by atoms with Gasteiger partial charge in [0.25, 0.3) is 0 Å². The van der Waals surface area contributed by atoms with Gasteiger partial charge in [0.15, 0.2) is 11.5 Å². The number of rotatable bonds is 11. The number of hydrogen-bond acceptors (Lipinski definition) is 6. The fraction of sp³-hybridized carbons (Fsp3) is 0.800. The molecule has 7 nitrogen and oxygen atoms in total. The molecule has 258 valence electrons. The fourth-order valence-electron chi connectivity index (χ4n) is 11.5. The highest BCUT2D eigenvalue weighted by atomic mass is 16.6. The number of phenolic OH excluding ortho intramolecular Hbond substituents is 1. The maximum absolute atomic E-state index is 14.5. The van der Waals surface area contributed by atoms with Gasteiger partial charge in [-0.3, -0.25) is 14.5 Å². The number of likely N-dealkylation sites (tertiary alicyclic amines) is 1. The molecule has 5 atom stereocenters. The molecule has 5 fully saturated rings. The van der Waals surface area contributed by atoms with Crippen molar-refractivity contribution < 1.29 is 24.2 Å². The van der Waals surface area contributed by atoms with E-state index in [1.807, 2.05) is 0 Å². The summed E-state index contributed by atoms with van der Waals surface area (Å²) in [5.74, 6) is 3.82. The minimum atomic E-state index is -0.403. The van der Waals surface area contributed by atoms with Crippen molar-refractivity contribution in [3.05, 3.63) is 17.2 Å². The van der Waals surface area contributed by atoms with Gasteiger partial charge in [0.05, 0.1) is 6.04 Å². The Bertz CT molecular complexity index is 1330. The summed E-state index contributed by atoms with van der Waals surface area (Å²) in [4.78, 5) is 31.8. The van der Waals surface area contributed by atoms with E-state index in [2.05, 4.69) is 9.80 Å². The standard InChI is InChI=1S/C40H58N2O5/c1-26(43)46-35-23-34(44)30-22-33-31-18-19-32(39-40(31,37(30)38(35)47-39)20-21-41(33)24-29-16-17-29)42(25-28-13-6-3-7-14-28)36(45)15-9-8-12-27-10-4-2-5-11-27/h23,27-29,31-33,39,44H,2-22,24-25H2,1H3/t31-,32-,33+,39-,40-/m0/s1. The highest BCUT2D eigenvalue weighted by Crippen LogP contribution is 2.66. The predicted octanol–water partition coefficient (Wildman–Crippen LogP) is 7.68. The van der Waals surface area contributed by atoms with Crippen LogP contribution >= 0.6 is 0 Å². The lowest BCUT2D eigenvalue weighted by atomic mass is 9.50. The molecule has 2 heterocycles. The fourth-order valence-corrected chi connectivity index (χ4v) is 11.5. The molecule has 1 aromatic carbocycles. The number of aromatic hydroxyl groups is 1. The van der Waals surface area contributed by atoms with Crippen molar-refractivity contribution in [3.8, 4) is 17.2 Å². The number of benzene rings is 1. The normalized spacial score (nSPS) is 32.0. The zero-order valence-corrected chi connectivity index (χ0v) is 28.9. The minimum Gasteiger partial charge on any atom is -0.508 e. The van der Waals surface area contributed by atoms with Gasteiger partial charge < -0.3 is 19.5 Å². The van der Waals surface area contributed by atoms with E-state index in [1.54, 1.807) is 6.07 Å². The second kappa shape index (κ2) is 13.2. The van der Waals surface area contributed by atoms with Crippen molar-refractivity contribution in [1.29, 1.82) is 0 Å². The van der Waals surface area contributed by atoms with E-state index >= 15 is 0 Å². The molecule has 47 heavy (non-hydrogen) atoms. The Morgan fingerprint density at radius 1 is 0.957 bits per heavy atom. The van der Waals surface area contributed by atoms with E-state index in [4.69, 9.17) is 9.47 Å². The van der Waals surface area contributed by atoms with Crippen LogP contribution in [0.1, 0.15) is 140 Å². The second-order valence-corrected chi connectivity index (χ2v) is 16.8. The van der Waals surface area contributed by atoms with E-state index in [1.165, 1.54) is 90.4 Å². The van der Waals surface area contributed by atoms with Gasteiger partial charge in [-0.15, -0.1) is 0 Å². The first-order valence-corrected chi connectivity index (χ1v) is 19.7. The van der Waals surface area contributed by atoms with Gasteiger partial charge in [0.2, 0.25) is 5.91 Å². The van der Waals surface area contributed by atoms with Gasteiger partial charge in [-0.2, -0.15) is 0 Å². The lowest BCUT2D eigenvalue weighted by molar-refractivity contribution is -0.144. The number of piperidine rings is 1. The van der Waals surface area contributed by atoms with Crippen LogP contribution in [0.15, 0.2) is 6.07 Å². The van der Waals surface area contributed by atoms with Crippen LogP contribution in [0, 0.1) is 23.7 Å². The zero-order chi connectivity index (χ0) is 32.1. The van der Waals surface area contributed by atoms with Gasteiger partial charge in [-0.1, -0.05) is 64.2 Å². The number of phenols is 1. The highest BCUT2D eigenvalue weighted by molar-refractivity contribution is 5.77. The molecule has 5 aliphatic carbocycles. The molecule has 7 heteroatoms. The first kappa shape index (κ1) is 32.0. The monoisotopic (exact) mass is 646 g/mol. The van der Waals surface area contributed by atoms with E-state index in [-0.39, 0.29) is 23.3 Å². The summed E-state index contributed by atoms with van der Waals surface area (Å²) < 4.78 is 12.9. The lowest BCUT2D eigenvalue weighted by Crippen LogP contribution is -2.69. The average molecular weight is 647 g/mol. The van der Waals surface area contributed by atoms with Crippen LogP contribution < -0.4 is 9.47 Å². The second-order valence-electron chi connectivity index (χ2n) is 16.8. The predicted molar refractivity (Wildman–Crippen MR) is 182 cm³/mol. The number of unbranched alkanes of at least 4 members (excludes halogenated alkanes) is 1. The summed E-state index contributed by atoms with van der Waals surface area (Å²) in [6.07, 6.45) is 23.5. The Morgan fingerprint density at radius 3 is 2.43 bits per heavy atom. The van der Waals surface area contributed by atoms with E-state index < -0.39 is 5.97 Å². The summed E-state index contributed by atoms with van der Waals surface area (Å²) in [6.45, 7) is 4.45. The first-order chi connectivity index (χ1) is 22.9. The molecule has 0 aromatic heterocycles. The molecule has 0 unspecified atom stereocenters. The Morgan fingerprint density at radius 2 is 1.70 bits per heavy atom. The molecule has 7 aliphatic rings. The molecule has 1 saturated heterocycles. The third kappa shape index (κ3) is 5.99. The summed E-state index contributed by atoms with van der Waals surface area (Å²) in [6, 6.07) is 2.00. The number of nitrogens with zero attached hydrogens (tertiary/aromatic N) is 2. The van der Waals surface area contributed by atoms with E-state index in [9.17, 15) is 14.7 Å². The first-order valence-electron chi connectivity index (χ1n) is 19.7. The molecule has 1 spiro atoms. The smallest absolute Gasteiger partial charge is 0.308 e. The lowest BCUT2D eigenvalue weighted by Gasteiger charge is -2.60. The Balaban J connectivity index is 1.10. The molecule has 4 saturated carbocycles. The van der Waals surface area contributed by atoms with Crippen molar-refractivity contribution >= 4 is 11.9 Å². The van der Waals surface area contributed by atoms with E-state index in [0.29, 0.717) is 41.7 Å². The van der Waals surface area contributed by atoms with Crippen molar-refractivity contribution in [3.63, 3.8) is 0 Å². The molecule has 1 N–H and O–H groups in total. The summed E-state index contributed by atoms with van der Waals surface area (Å²) in [5.41, 5.74) is 1.83. The molecule has 8 rings (SSSR count). The van der Waals surface area contributed by atoms with Gasteiger partial charge >= 0.3 is 5.97 Å². The van der Waals surface area contributed by atoms with Crippen molar-refractivity contribution in [1.82, 2.24) is 9.80 Å². The topological polar surface area (TPSA) is 79.3 Å². The van der Waals surface area contributed by atoms with Crippen LogP contribution in [0.4, 0.5) is 0 Å². The van der Waals surface area contributed by atoms with Gasteiger partial charge in [0, 0.05) is 55.1 Å². The third-order valence-electron chi connectivity index (χ3n) is 13.8. The quantitative estimate of drug-likeness (QED) is 0.151. The Hall–Kier alpha value is -2.28.